The first-order valence-electron chi connectivity index (χ1n) is 4.42. The van der Waals surface area contributed by atoms with E-state index in [2.05, 4.69) is 9.97 Å². The first-order chi connectivity index (χ1) is 7.20. The number of nitrogens with zero attached hydrogens (tertiary/aromatic N) is 2. The molecule has 3 nitrogen and oxygen atoms in total. The van der Waals surface area contributed by atoms with E-state index in [0.717, 1.165) is 5.69 Å². The zero-order valence-electron chi connectivity index (χ0n) is 8.08. The molecule has 4 heteroatoms. The molecule has 0 radical (unpaired) electrons. The van der Waals surface area contributed by atoms with Crippen LogP contribution in [0.5, 0.6) is 0 Å². The van der Waals surface area contributed by atoms with Crippen molar-refractivity contribution >= 4 is 0 Å². The molecule has 1 aromatic heterocycles. The van der Waals surface area contributed by atoms with Crippen LogP contribution in [-0.2, 0) is 0 Å². The molecule has 0 spiro atoms. The van der Waals surface area contributed by atoms with E-state index >= 15 is 0 Å². The standard InChI is InChI=1S/C11H8FN3/c1-7-6-14-11(15-7)9-3-2-8(5-13)4-10(9)12/h2-4,6H,1H3,(H,14,15). The van der Waals surface area contributed by atoms with Crippen LogP contribution in [0.4, 0.5) is 4.39 Å². The number of aryl methyl sites for hydroxylation is 1. The molecule has 0 bridgehead atoms. The summed E-state index contributed by atoms with van der Waals surface area (Å²) < 4.78 is 13.5. The van der Waals surface area contributed by atoms with E-state index < -0.39 is 5.82 Å². The smallest absolute Gasteiger partial charge is 0.140 e. The Bertz CT molecular complexity index is 537. The maximum absolute atomic E-state index is 13.5. The number of aromatic nitrogens is 2. The van der Waals surface area contributed by atoms with Crippen LogP contribution in [0.25, 0.3) is 11.4 Å². The maximum Gasteiger partial charge on any atom is 0.140 e. The lowest BCUT2D eigenvalue weighted by atomic mass is 10.1. The van der Waals surface area contributed by atoms with E-state index in [-0.39, 0.29) is 0 Å². The van der Waals surface area contributed by atoms with Gasteiger partial charge in [-0.2, -0.15) is 5.26 Å². The van der Waals surface area contributed by atoms with Crippen LogP contribution in [0.15, 0.2) is 24.4 Å². The fourth-order valence-electron chi connectivity index (χ4n) is 1.33. The van der Waals surface area contributed by atoms with Gasteiger partial charge in [0.05, 0.1) is 17.2 Å². The van der Waals surface area contributed by atoms with Crippen LogP contribution in [0, 0.1) is 24.1 Å². The molecule has 0 amide bonds. The summed E-state index contributed by atoms with van der Waals surface area (Å²) in [5.74, 6) is 0.0397. The normalized spacial score (nSPS) is 9.93. The SMILES string of the molecule is Cc1cnc(-c2ccc(C#N)cc2F)[nH]1. The monoisotopic (exact) mass is 201 g/mol. The lowest BCUT2D eigenvalue weighted by Crippen LogP contribution is -1.88. The second-order valence-corrected chi connectivity index (χ2v) is 3.22. The average Bonchev–Trinajstić information content (AvgIpc) is 2.64. The summed E-state index contributed by atoms with van der Waals surface area (Å²) in [6.45, 7) is 1.85. The number of benzene rings is 1. The molecule has 15 heavy (non-hydrogen) atoms. The highest BCUT2D eigenvalue weighted by Crippen LogP contribution is 2.20. The number of aromatic amines is 1. The molecule has 1 N–H and O–H groups in total. The van der Waals surface area contributed by atoms with E-state index in [1.807, 2.05) is 13.0 Å². The molecule has 0 atom stereocenters. The average molecular weight is 201 g/mol. The molecule has 0 aliphatic rings. The molecule has 2 rings (SSSR count). The third kappa shape index (κ3) is 1.72. The third-order valence-electron chi connectivity index (χ3n) is 2.06. The highest BCUT2D eigenvalue weighted by atomic mass is 19.1. The largest absolute Gasteiger partial charge is 0.342 e. The number of nitriles is 1. The number of hydrogen-bond acceptors (Lipinski definition) is 2. The molecule has 0 saturated heterocycles. The minimum atomic E-state index is -0.441. The van der Waals surface area contributed by atoms with Gasteiger partial charge >= 0.3 is 0 Å². The highest BCUT2D eigenvalue weighted by Gasteiger charge is 2.08. The van der Waals surface area contributed by atoms with E-state index in [0.29, 0.717) is 17.0 Å². The fraction of sp³-hybridized carbons (Fsp3) is 0.0909. The predicted octanol–water partition coefficient (Wildman–Crippen LogP) is 2.40. The van der Waals surface area contributed by atoms with Crippen LogP contribution in [0.1, 0.15) is 11.3 Å². The van der Waals surface area contributed by atoms with Crippen LogP contribution in [-0.4, -0.2) is 9.97 Å². The fourth-order valence-corrected chi connectivity index (χ4v) is 1.33. The van der Waals surface area contributed by atoms with E-state index in [1.165, 1.54) is 6.07 Å². The van der Waals surface area contributed by atoms with Gasteiger partial charge in [0, 0.05) is 11.9 Å². The van der Waals surface area contributed by atoms with Crippen molar-refractivity contribution in [1.82, 2.24) is 9.97 Å². The zero-order valence-corrected chi connectivity index (χ0v) is 8.08. The van der Waals surface area contributed by atoms with Gasteiger partial charge in [0.25, 0.3) is 0 Å². The summed E-state index contributed by atoms with van der Waals surface area (Å²) in [5.41, 5.74) is 1.55. The van der Waals surface area contributed by atoms with Gasteiger partial charge in [-0.1, -0.05) is 0 Å². The van der Waals surface area contributed by atoms with Gasteiger partial charge in [-0.25, -0.2) is 9.37 Å². The van der Waals surface area contributed by atoms with Gasteiger partial charge in [-0.3, -0.25) is 0 Å². The van der Waals surface area contributed by atoms with Crippen molar-refractivity contribution in [3.8, 4) is 17.5 Å². The maximum atomic E-state index is 13.5. The van der Waals surface area contributed by atoms with Crippen LogP contribution in [0.2, 0.25) is 0 Å². The van der Waals surface area contributed by atoms with E-state index in [4.69, 9.17) is 5.26 Å². The number of nitrogens with one attached hydrogen (secondary N) is 1. The zero-order chi connectivity index (χ0) is 10.8. The molecule has 0 aliphatic heterocycles. The van der Waals surface area contributed by atoms with Crippen molar-refractivity contribution in [3.05, 3.63) is 41.5 Å². The minimum absolute atomic E-state index is 0.305. The Labute approximate surface area is 86.2 Å². The Kier molecular flexibility index (Phi) is 2.22. The van der Waals surface area contributed by atoms with Gasteiger partial charge in [-0.15, -0.1) is 0 Å². The quantitative estimate of drug-likeness (QED) is 0.770. The second-order valence-electron chi connectivity index (χ2n) is 3.22. The van der Waals surface area contributed by atoms with Crippen molar-refractivity contribution in [2.24, 2.45) is 0 Å². The summed E-state index contributed by atoms with van der Waals surface area (Å²) in [7, 11) is 0. The molecule has 0 aliphatic carbocycles. The van der Waals surface area contributed by atoms with E-state index in [9.17, 15) is 4.39 Å². The minimum Gasteiger partial charge on any atom is -0.342 e. The summed E-state index contributed by atoms with van der Waals surface area (Å²) in [6.07, 6.45) is 1.63. The molecule has 1 aromatic carbocycles. The Morgan fingerprint density at radius 2 is 2.27 bits per heavy atom. The van der Waals surface area contributed by atoms with Gasteiger partial charge in [0.1, 0.15) is 11.6 Å². The van der Waals surface area contributed by atoms with Crippen molar-refractivity contribution in [3.63, 3.8) is 0 Å². The van der Waals surface area contributed by atoms with Crippen molar-refractivity contribution in [1.29, 1.82) is 5.26 Å². The number of imidazole rings is 1. The molecule has 74 valence electrons. The molecule has 0 unspecified atom stereocenters. The molecule has 2 aromatic rings. The number of rotatable bonds is 1. The summed E-state index contributed by atoms with van der Waals surface area (Å²) >= 11 is 0. The van der Waals surface area contributed by atoms with E-state index in [1.54, 1.807) is 18.3 Å². The van der Waals surface area contributed by atoms with Crippen molar-refractivity contribution in [2.45, 2.75) is 6.92 Å². The van der Waals surface area contributed by atoms with Crippen LogP contribution < -0.4 is 0 Å². The van der Waals surface area contributed by atoms with Crippen molar-refractivity contribution in [2.75, 3.05) is 0 Å². The summed E-state index contributed by atoms with van der Waals surface area (Å²) in [5, 5.41) is 8.59. The number of H-pyrrole nitrogens is 1. The second kappa shape index (κ2) is 3.54. The Balaban J connectivity index is 2.51. The summed E-state index contributed by atoms with van der Waals surface area (Å²) in [4.78, 5) is 6.96. The Morgan fingerprint density at radius 3 is 2.80 bits per heavy atom. The topological polar surface area (TPSA) is 52.5 Å². The molecule has 0 saturated carbocycles. The third-order valence-corrected chi connectivity index (χ3v) is 2.06. The number of hydrogen-bond donors (Lipinski definition) is 1. The Morgan fingerprint density at radius 1 is 1.47 bits per heavy atom. The van der Waals surface area contributed by atoms with Gasteiger partial charge in [0.15, 0.2) is 0 Å². The molecular formula is C11H8FN3. The van der Waals surface area contributed by atoms with Crippen LogP contribution >= 0.6 is 0 Å². The lowest BCUT2D eigenvalue weighted by molar-refractivity contribution is 0.629. The number of halogens is 1. The van der Waals surface area contributed by atoms with Crippen molar-refractivity contribution < 1.29 is 4.39 Å². The first kappa shape index (κ1) is 9.41. The van der Waals surface area contributed by atoms with Crippen LogP contribution in [0.3, 0.4) is 0 Å². The van der Waals surface area contributed by atoms with Gasteiger partial charge < -0.3 is 4.98 Å². The molecule has 0 fully saturated rings. The van der Waals surface area contributed by atoms with Gasteiger partial charge in [0.2, 0.25) is 0 Å². The first-order valence-corrected chi connectivity index (χ1v) is 4.42. The Hall–Kier alpha value is -2.15. The molecular weight excluding hydrogens is 193 g/mol. The summed E-state index contributed by atoms with van der Waals surface area (Å²) in [6, 6.07) is 6.20. The highest BCUT2D eigenvalue weighted by molar-refractivity contribution is 5.57. The molecule has 1 heterocycles. The predicted molar refractivity (Wildman–Crippen MR) is 53.4 cm³/mol. The lowest BCUT2D eigenvalue weighted by Gasteiger charge is -1.99. The van der Waals surface area contributed by atoms with Gasteiger partial charge in [-0.05, 0) is 25.1 Å².